The van der Waals surface area contributed by atoms with E-state index in [1.165, 1.54) is 28.6 Å². The molecule has 2 aliphatic heterocycles. The third-order valence-corrected chi connectivity index (χ3v) is 9.26. The fourth-order valence-electron chi connectivity index (χ4n) is 3.89. The molecule has 0 radical (unpaired) electrons. The van der Waals surface area contributed by atoms with E-state index in [2.05, 4.69) is 26.0 Å². The van der Waals surface area contributed by atoms with Crippen molar-refractivity contribution in [1.82, 2.24) is 0 Å². The van der Waals surface area contributed by atoms with Gasteiger partial charge in [-0.05, 0) is 30.2 Å². The Hall–Kier alpha value is -1.28. The van der Waals surface area contributed by atoms with Crippen LogP contribution in [0.15, 0.2) is 60.2 Å². The summed E-state index contributed by atoms with van der Waals surface area (Å²) in [4.78, 5) is 0. The molecule has 0 saturated carbocycles. The van der Waals surface area contributed by atoms with Crippen molar-refractivity contribution in [1.29, 1.82) is 0 Å². The van der Waals surface area contributed by atoms with Crippen molar-refractivity contribution in [3.05, 3.63) is 77.1 Å². The second kappa shape index (κ2) is 5.11. The molecule has 1 saturated heterocycles. The third kappa shape index (κ3) is 2.18. The third-order valence-electron chi connectivity index (χ3n) is 5.16. The number of rotatable bonds is 2. The zero-order valence-electron chi connectivity index (χ0n) is 13.1. The Labute approximate surface area is 141 Å². The molecule has 1 nitrogen and oxygen atoms in total. The van der Waals surface area contributed by atoms with Gasteiger partial charge in [-0.3, -0.25) is 0 Å². The van der Waals surface area contributed by atoms with Crippen LogP contribution in [-0.4, -0.2) is 6.16 Å². The molecule has 1 unspecified atom stereocenters. The summed E-state index contributed by atoms with van der Waals surface area (Å²) in [5, 5.41) is 1.24. The maximum absolute atomic E-state index is 13.2. The van der Waals surface area contributed by atoms with Crippen molar-refractivity contribution in [3.8, 4) is 0 Å². The van der Waals surface area contributed by atoms with Crippen molar-refractivity contribution in [2.45, 2.75) is 20.0 Å². The molecular formula is C19H18FOPS. The highest BCUT2D eigenvalue weighted by molar-refractivity contribution is 8.17. The molecule has 2 bridgehead atoms. The van der Waals surface area contributed by atoms with Gasteiger partial charge < -0.3 is 4.52 Å². The molecule has 4 rings (SSSR count). The Kier molecular flexibility index (Phi) is 3.39. The number of hydrogen-bond donors (Lipinski definition) is 0. The van der Waals surface area contributed by atoms with Gasteiger partial charge in [0.2, 0.25) is 0 Å². The van der Waals surface area contributed by atoms with Crippen LogP contribution in [0.3, 0.4) is 0 Å². The first-order valence-corrected chi connectivity index (χ1v) is 10.6. The predicted octanol–water partition coefficient (Wildman–Crippen LogP) is 5.74. The quantitative estimate of drug-likeness (QED) is 0.642. The van der Waals surface area contributed by atoms with Crippen LogP contribution in [-0.2, 0) is 16.3 Å². The largest absolute Gasteiger partial charge is 0.337 e. The van der Waals surface area contributed by atoms with E-state index in [1.54, 1.807) is 0 Å². The molecule has 2 aromatic rings. The first-order valence-electron chi connectivity index (χ1n) is 7.74. The Morgan fingerprint density at radius 1 is 1.13 bits per heavy atom. The van der Waals surface area contributed by atoms with E-state index in [-0.39, 0.29) is 17.3 Å². The smallest absolute Gasteiger partial charge is 0.123 e. The van der Waals surface area contributed by atoms with Gasteiger partial charge in [-0.2, -0.15) is 0 Å². The molecule has 0 spiro atoms. The summed E-state index contributed by atoms with van der Waals surface area (Å²) in [5.74, 6) is -0.220. The van der Waals surface area contributed by atoms with Crippen LogP contribution in [0.25, 0.3) is 5.31 Å². The summed E-state index contributed by atoms with van der Waals surface area (Å²) >= 11 is 6.02. The fourth-order valence-corrected chi connectivity index (χ4v) is 9.29. The number of fused-ring (bicyclic) bond motifs is 2. The summed E-state index contributed by atoms with van der Waals surface area (Å²) in [6.07, 6.45) is -1.22. The van der Waals surface area contributed by atoms with E-state index in [0.29, 0.717) is 0 Å². The molecule has 2 heterocycles. The highest BCUT2D eigenvalue weighted by Crippen LogP contribution is 2.80. The van der Waals surface area contributed by atoms with Gasteiger partial charge in [0, 0.05) is 16.9 Å². The molecule has 118 valence electrons. The molecule has 2 aliphatic rings. The highest BCUT2D eigenvalue weighted by Gasteiger charge is 2.58. The van der Waals surface area contributed by atoms with Gasteiger partial charge in [0.05, 0.1) is 12.4 Å². The summed E-state index contributed by atoms with van der Waals surface area (Å²) in [7, 11) is 0. The van der Waals surface area contributed by atoms with Gasteiger partial charge in [0.1, 0.15) is 5.82 Å². The summed E-state index contributed by atoms with van der Waals surface area (Å²) in [5.41, 5.74) is 3.45. The Morgan fingerprint density at radius 3 is 2.39 bits per heavy atom. The lowest BCUT2D eigenvalue weighted by Gasteiger charge is -2.34. The molecule has 0 N–H and O–H groups in total. The van der Waals surface area contributed by atoms with Gasteiger partial charge in [-0.25, -0.2) is 4.39 Å². The number of halogens is 1. The monoisotopic (exact) mass is 344 g/mol. The van der Waals surface area contributed by atoms with Crippen LogP contribution in [0.4, 0.5) is 4.39 Å². The van der Waals surface area contributed by atoms with E-state index in [0.717, 1.165) is 11.7 Å². The van der Waals surface area contributed by atoms with Crippen molar-refractivity contribution < 1.29 is 8.91 Å². The molecule has 1 fully saturated rings. The molecule has 4 heteroatoms. The van der Waals surface area contributed by atoms with Crippen LogP contribution in [0.1, 0.15) is 31.1 Å². The maximum Gasteiger partial charge on any atom is 0.123 e. The molecule has 3 atom stereocenters. The molecule has 0 amide bonds. The van der Waals surface area contributed by atoms with Crippen LogP contribution >= 0.6 is 6.26 Å². The zero-order chi connectivity index (χ0) is 16.2. The summed E-state index contributed by atoms with van der Waals surface area (Å²) in [6.45, 7) is 4.43. The van der Waals surface area contributed by atoms with E-state index in [9.17, 15) is 4.39 Å². The first-order chi connectivity index (χ1) is 10.9. The average molecular weight is 344 g/mol. The lowest BCUT2D eigenvalue weighted by atomic mass is 9.76. The Balaban J connectivity index is 1.83. The number of hydrogen-bond acceptors (Lipinski definition) is 2. The van der Waals surface area contributed by atoms with Crippen molar-refractivity contribution in [2.24, 2.45) is 5.41 Å². The van der Waals surface area contributed by atoms with Crippen molar-refractivity contribution >= 4 is 23.4 Å². The lowest BCUT2D eigenvalue weighted by molar-refractivity contribution is 0.150. The van der Waals surface area contributed by atoms with E-state index in [1.807, 2.05) is 30.3 Å². The lowest BCUT2D eigenvalue weighted by Crippen LogP contribution is -2.25. The van der Waals surface area contributed by atoms with Gasteiger partial charge in [-0.1, -0.05) is 66.8 Å². The van der Waals surface area contributed by atoms with Crippen LogP contribution in [0.2, 0.25) is 0 Å². The highest BCUT2D eigenvalue weighted by atomic mass is 32.4. The molecule has 0 aromatic heterocycles. The van der Waals surface area contributed by atoms with E-state index in [4.69, 9.17) is 16.3 Å². The zero-order valence-corrected chi connectivity index (χ0v) is 14.8. The first kappa shape index (κ1) is 15.3. The molecule has 2 aromatic carbocycles. The maximum atomic E-state index is 13.2. The van der Waals surface area contributed by atoms with E-state index < -0.39 is 6.26 Å². The van der Waals surface area contributed by atoms with Crippen molar-refractivity contribution in [2.75, 3.05) is 6.16 Å². The Bertz CT molecular complexity index is 843. The minimum absolute atomic E-state index is 0.0682. The summed E-state index contributed by atoms with van der Waals surface area (Å²) in [6, 6.07) is 17.0. The van der Waals surface area contributed by atoms with Gasteiger partial charge in [0.15, 0.2) is 0 Å². The fraction of sp³-hybridized carbons (Fsp3) is 0.263. The standard InChI is InChI=1S/C19H18FOPS/c1-13-17(14-6-4-3-5-7-14)22(23)12-19(13,2)18(21-22)15-8-10-16(20)11-9-15/h3-11,18H,12H2,1-2H3/t18-,19-,22?/m1/s1. The predicted molar refractivity (Wildman–Crippen MR) is 96.5 cm³/mol. The average Bonchev–Trinajstić information content (AvgIpc) is 2.92. The Morgan fingerprint density at radius 2 is 1.78 bits per heavy atom. The minimum Gasteiger partial charge on any atom is -0.337 e. The van der Waals surface area contributed by atoms with E-state index >= 15 is 0 Å². The van der Waals surface area contributed by atoms with Gasteiger partial charge in [0.25, 0.3) is 0 Å². The molecule has 23 heavy (non-hydrogen) atoms. The molecular weight excluding hydrogens is 326 g/mol. The topological polar surface area (TPSA) is 9.23 Å². The van der Waals surface area contributed by atoms with Crippen molar-refractivity contribution in [3.63, 3.8) is 0 Å². The second-order valence-corrected chi connectivity index (χ2v) is 10.7. The SMILES string of the molecule is CC1=C(c2ccccc2)P2(=S)C[C@@]1(C)[C@@H](c1ccc(F)cc1)O2. The summed E-state index contributed by atoms with van der Waals surface area (Å²) < 4.78 is 19.7. The van der Waals surface area contributed by atoms with Crippen LogP contribution < -0.4 is 0 Å². The van der Waals surface area contributed by atoms with Gasteiger partial charge >= 0.3 is 0 Å². The van der Waals surface area contributed by atoms with Crippen LogP contribution in [0.5, 0.6) is 0 Å². The normalized spacial score (nSPS) is 32.6. The minimum atomic E-state index is -2.04. The van der Waals surface area contributed by atoms with Gasteiger partial charge in [-0.15, -0.1) is 0 Å². The van der Waals surface area contributed by atoms with Crippen LogP contribution in [0, 0.1) is 11.2 Å². The number of benzene rings is 2. The molecule has 0 aliphatic carbocycles. The second-order valence-electron chi connectivity index (χ2n) is 6.63.